The number of nitrogens with zero attached hydrogens (tertiary/aromatic N) is 2. The fourth-order valence-electron chi connectivity index (χ4n) is 13.2. The van der Waals surface area contributed by atoms with Crippen LogP contribution in [0.1, 0.15) is 184 Å². The molecule has 18 amide bonds. The number of nitrogens with two attached hydrogens (primary N) is 5. The molecular weight excluding hydrogens is 1720 g/mol. The van der Waals surface area contributed by atoms with Gasteiger partial charge in [-0.3, -0.25) is 106 Å². The number of unbranched alkanes of at least 4 members (excludes halogenated alkanes) is 1. The quantitative estimate of drug-likeness (QED) is 0.0125. The molecule has 0 aromatic carbocycles. The molecule has 30 N–H and O–H groups in total. The van der Waals surface area contributed by atoms with E-state index in [1.54, 1.807) is 40.9 Å². The van der Waals surface area contributed by atoms with Crippen molar-refractivity contribution in [2.75, 3.05) is 37.4 Å². The van der Waals surface area contributed by atoms with E-state index in [9.17, 15) is 116 Å². The Bertz CT molecular complexity index is 4010. The van der Waals surface area contributed by atoms with Crippen LogP contribution in [0, 0.1) is 29.1 Å². The lowest BCUT2D eigenvalue weighted by Crippen LogP contribution is -2.62. The molecule has 16 atom stereocenters. The Hall–Kier alpha value is -12.0. The van der Waals surface area contributed by atoms with Gasteiger partial charge in [-0.1, -0.05) is 61.8 Å². The lowest BCUT2D eigenvalue weighted by Gasteiger charge is -2.31. The number of carbonyl (C=O) groups is 21. The number of carboxylic acids is 3. The number of amides is 18. The summed E-state index contributed by atoms with van der Waals surface area (Å²) >= 11 is 5.65. The third-order valence-electron chi connectivity index (χ3n) is 20.3. The molecular formula is C78H130N24O24S2. The van der Waals surface area contributed by atoms with Gasteiger partial charge in [-0.25, -0.2) is 4.98 Å². The van der Waals surface area contributed by atoms with Crippen molar-refractivity contribution in [2.24, 2.45) is 52.3 Å². The van der Waals surface area contributed by atoms with E-state index < -0.39 is 308 Å². The maximum atomic E-state index is 14.8. The highest BCUT2D eigenvalue weighted by atomic mass is 32.2. The summed E-state index contributed by atoms with van der Waals surface area (Å²) in [5, 5.41) is 74.0. The van der Waals surface area contributed by atoms with Crippen molar-refractivity contribution in [2.45, 2.75) is 275 Å². The Morgan fingerprint density at radius 1 is 0.508 bits per heavy atom. The molecule has 1 aliphatic heterocycles. The first-order valence-corrected chi connectivity index (χ1v) is 44.0. The molecule has 1 saturated heterocycles. The molecule has 128 heavy (non-hydrogen) atoms. The second-order valence-electron chi connectivity index (χ2n) is 32.1. The number of hydrogen-bond acceptors (Lipinski definition) is 26. The average Bonchev–Trinajstić information content (AvgIpc) is 1.63. The normalized spacial score (nSPS) is 15.9. The highest BCUT2D eigenvalue weighted by molar-refractivity contribution is 7.98. The molecule has 1 fully saturated rings. The number of carboxylic acid groups (broad SMARTS) is 3. The maximum absolute atomic E-state index is 14.8. The number of likely N-dealkylation sites (tertiary alicyclic amines) is 1. The van der Waals surface area contributed by atoms with Gasteiger partial charge in [-0.15, -0.1) is 0 Å². The Kier molecular flexibility index (Phi) is 50.5. The van der Waals surface area contributed by atoms with E-state index in [0.717, 1.165) is 11.8 Å². The molecule has 1 aromatic heterocycles. The van der Waals surface area contributed by atoms with Crippen LogP contribution in [-0.2, 0) is 107 Å². The Labute approximate surface area is 750 Å². The molecule has 2 rings (SSSR count). The van der Waals surface area contributed by atoms with Crippen LogP contribution in [0.4, 0.5) is 0 Å². The third kappa shape index (κ3) is 41.2. The van der Waals surface area contributed by atoms with Crippen LogP contribution < -0.4 is 108 Å². The van der Waals surface area contributed by atoms with Crippen molar-refractivity contribution in [1.82, 2.24) is 94.6 Å². The zero-order chi connectivity index (χ0) is 96.9. The number of aliphatic carboxylic acids is 3. The molecule has 0 aliphatic carbocycles. The van der Waals surface area contributed by atoms with E-state index >= 15 is 0 Å². The molecule has 1 aromatic rings. The summed E-state index contributed by atoms with van der Waals surface area (Å²) in [6.07, 6.45) is -1.05. The van der Waals surface area contributed by atoms with Crippen LogP contribution in [-0.4, -0.2) is 288 Å². The van der Waals surface area contributed by atoms with Crippen molar-refractivity contribution in [1.29, 1.82) is 5.41 Å². The predicted molar refractivity (Wildman–Crippen MR) is 465 cm³/mol. The average molecular weight is 1850 g/mol. The molecule has 0 saturated carbocycles. The topological polar surface area (TPSA) is 785 Å². The van der Waals surface area contributed by atoms with E-state index in [0.29, 0.717) is 5.75 Å². The van der Waals surface area contributed by atoms with Gasteiger partial charge in [0.25, 0.3) is 0 Å². The zero-order valence-electron chi connectivity index (χ0n) is 73.6. The summed E-state index contributed by atoms with van der Waals surface area (Å²) in [5.41, 5.74) is 28.0. The first kappa shape index (κ1) is 112. The van der Waals surface area contributed by atoms with E-state index in [1.807, 2.05) is 0 Å². The fraction of sp³-hybridized carbons (Fsp3) is 0.679. The summed E-state index contributed by atoms with van der Waals surface area (Å²) < 4.78 is 0. The number of hydrogen-bond donors (Lipinski definition) is 26. The Morgan fingerprint density at radius 2 is 0.945 bits per heavy atom. The zero-order valence-corrected chi connectivity index (χ0v) is 75.4. The number of H-pyrrole nitrogens is 1. The van der Waals surface area contributed by atoms with Gasteiger partial charge in [0.05, 0.1) is 24.9 Å². The minimum absolute atomic E-state index is 0.0247. The van der Waals surface area contributed by atoms with E-state index in [1.165, 1.54) is 45.1 Å². The summed E-state index contributed by atoms with van der Waals surface area (Å²) in [6.45, 7) is 13.7. The van der Waals surface area contributed by atoms with Crippen LogP contribution in [0.2, 0.25) is 0 Å². The van der Waals surface area contributed by atoms with Crippen LogP contribution in [0.3, 0.4) is 0 Å². The monoisotopic (exact) mass is 1850 g/mol. The smallest absolute Gasteiger partial charge is 0.305 e. The molecule has 48 nitrogen and oxygen atoms in total. The molecule has 1 aliphatic rings. The molecule has 0 bridgehead atoms. The van der Waals surface area contributed by atoms with Crippen molar-refractivity contribution < 1.29 is 116 Å². The van der Waals surface area contributed by atoms with Gasteiger partial charge in [0.1, 0.15) is 90.6 Å². The van der Waals surface area contributed by atoms with Gasteiger partial charge in [0.2, 0.25) is 106 Å². The molecule has 2 heterocycles. The molecule has 50 heteroatoms. The number of guanidine groups is 1. The maximum Gasteiger partial charge on any atom is 0.305 e. The van der Waals surface area contributed by atoms with Gasteiger partial charge >= 0.3 is 17.9 Å². The summed E-state index contributed by atoms with van der Waals surface area (Å²) in [5.74, 6) is -25.7. The van der Waals surface area contributed by atoms with E-state index in [-0.39, 0.29) is 89.5 Å². The molecule has 0 unspecified atom stereocenters. The highest BCUT2D eigenvalue weighted by Crippen LogP contribution is 2.22. The molecule has 0 spiro atoms. The van der Waals surface area contributed by atoms with Crippen LogP contribution >= 0.6 is 24.4 Å². The van der Waals surface area contributed by atoms with E-state index in [4.69, 9.17) is 34.1 Å². The summed E-state index contributed by atoms with van der Waals surface area (Å²) in [6, 6.07) is -23.7. The van der Waals surface area contributed by atoms with Gasteiger partial charge < -0.3 is 134 Å². The minimum atomic E-state index is -2.02. The first-order valence-electron chi connectivity index (χ1n) is 42.0. The lowest BCUT2D eigenvalue weighted by atomic mass is 9.96. The van der Waals surface area contributed by atoms with Crippen molar-refractivity contribution in [3.05, 3.63) is 18.2 Å². The standard InChI is InChI=1S/C78H130N24O24S2/c1-11-40(8)62(101-72(121)53(35-127)98-67(116)48(21-24-58(108)109)92-73(122)54-18-15-28-102(54)77(126)52(32-56(81)105)97-65(114)46(88-41(9)103)20-23-57(106)107)76(125)96-49(30-37(2)3)69(118)95-51(33-59(110)111)70(119)91-44(16-12-13-26-79)64(113)94-50(31-42-34-85-36-87-42)71(120)100-61(39(6)7)75(124)93-47(19-22-55(80)104)66(115)90-45(17-14-27-86-78(83)84)68(117)99-60(38(4)5)74(123)89-43(63(82)112)25-29-128-10/h34,36-40,43-54,60-62,127H,11-33,35,79H2,1-10H3,(H2,80,104)(H2,81,105)(H2,82,112)(H,85,87)(H,88,103)(H,89,123)(H,90,115)(H,91,119)(H,92,122)(H,93,124)(H,94,113)(H,95,118)(H,96,125)(H,97,114)(H,98,116)(H,99,117)(H,100,120)(H,101,121)(H,106,107)(H,108,109)(H,110,111)(H4,83,84,86)/t40-,43-,44-,45-,46-,47-,48-,49-,50-,51-,52-,53-,54-,60-,61-,62-/m0/s1. The number of aromatic amines is 1. The highest BCUT2D eigenvalue weighted by Gasteiger charge is 2.43. The lowest BCUT2D eigenvalue weighted by molar-refractivity contribution is -0.144. The summed E-state index contributed by atoms with van der Waals surface area (Å²) in [4.78, 5) is 293. The number of nitrogens with one attached hydrogen (secondary N) is 17. The second-order valence-corrected chi connectivity index (χ2v) is 33.4. The molecule has 718 valence electrons. The Morgan fingerprint density at radius 3 is 1.41 bits per heavy atom. The van der Waals surface area contributed by atoms with Gasteiger partial charge in [0, 0.05) is 57.6 Å². The third-order valence-corrected chi connectivity index (χ3v) is 21.3. The summed E-state index contributed by atoms with van der Waals surface area (Å²) in [7, 11) is 0. The largest absolute Gasteiger partial charge is 0.481 e. The van der Waals surface area contributed by atoms with Crippen molar-refractivity contribution in [3.63, 3.8) is 0 Å². The first-order chi connectivity index (χ1) is 60.1. The number of primary amides is 3. The SMILES string of the molecule is CC[C@H](C)[C@H](NC(=O)[C@H](CS)NC(=O)[C@H](CCC(=O)O)NC(=O)[C@@H]1CCCN1C(=O)[C@H](CC(N)=O)NC(=O)[C@H](CCC(=O)O)NC(C)=O)C(=O)N[C@@H](CC(C)C)C(=O)N[C@@H](CC(=O)O)C(=O)N[C@@H](CCCCN)C(=O)N[C@@H](Cc1c[nH]cn1)C(=O)N[C@H](C(=O)N[C@@H](CCC(N)=O)C(=O)N[C@@H](CCCNC(=N)N)C(=O)N[C@H](C(=O)N[C@@H](CCSC)C(N)=O)C(C)C)C(C)C. The van der Waals surface area contributed by atoms with Crippen LogP contribution in [0.5, 0.6) is 0 Å². The molecule has 0 radical (unpaired) electrons. The van der Waals surface area contributed by atoms with Gasteiger partial charge in [-0.05, 0) is 119 Å². The Balaban J connectivity index is 2.55. The van der Waals surface area contributed by atoms with Crippen LogP contribution in [0.15, 0.2) is 12.5 Å². The van der Waals surface area contributed by atoms with Gasteiger partial charge in [-0.2, -0.15) is 24.4 Å². The van der Waals surface area contributed by atoms with Gasteiger partial charge in [0.15, 0.2) is 5.96 Å². The van der Waals surface area contributed by atoms with Crippen molar-refractivity contribution >= 4 is 155 Å². The predicted octanol–water partition coefficient (Wildman–Crippen LogP) is -6.94. The van der Waals surface area contributed by atoms with Crippen LogP contribution in [0.25, 0.3) is 0 Å². The van der Waals surface area contributed by atoms with E-state index in [2.05, 4.69) is 102 Å². The number of thiol groups is 1. The number of imidazole rings is 1. The second kappa shape index (κ2) is 57.7. The number of carbonyl (C=O) groups excluding carboxylic acids is 18. The fourth-order valence-corrected chi connectivity index (χ4v) is 13.9. The number of rotatable bonds is 62. The number of thioether (sulfide) groups is 1. The number of aromatic nitrogens is 2. The van der Waals surface area contributed by atoms with Crippen molar-refractivity contribution in [3.8, 4) is 0 Å². The minimum Gasteiger partial charge on any atom is -0.481 e.